The van der Waals surface area contributed by atoms with Crippen molar-refractivity contribution < 1.29 is 0 Å². The van der Waals surface area contributed by atoms with E-state index < -0.39 is 0 Å². The molecule has 1 saturated carbocycles. The summed E-state index contributed by atoms with van der Waals surface area (Å²) in [6, 6.07) is 10.1. The monoisotopic (exact) mass is 363 g/mol. The first-order valence-corrected chi connectivity index (χ1v) is 9.54. The highest BCUT2D eigenvalue weighted by Gasteiger charge is 2.18. The molecule has 0 saturated heterocycles. The molecule has 140 valence electrons. The van der Waals surface area contributed by atoms with Gasteiger partial charge in [0.05, 0.1) is 5.39 Å². The molecule has 2 heterocycles. The number of anilines is 3. The number of fused-ring (bicyclic) bond motifs is 1. The summed E-state index contributed by atoms with van der Waals surface area (Å²) in [4.78, 5) is 23.4. The van der Waals surface area contributed by atoms with Crippen LogP contribution in [0.15, 0.2) is 47.5 Å². The summed E-state index contributed by atoms with van der Waals surface area (Å²) in [6.45, 7) is 0. The molecule has 0 atom stereocenters. The Labute approximate surface area is 158 Å². The van der Waals surface area contributed by atoms with Gasteiger partial charge in [-0.3, -0.25) is 4.79 Å². The van der Waals surface area contributed by atoms with Gasteiger partial charge in [0.1, 0.15) is 5.65 Å². The van der Waals surface area contributed by atoms with Crippen molar-refractivity contribution in [3.63, 3.8) is 0 Å². The van der Waals surface area contributed by atoms with E-state index >= 15 is 0 Å². The molecule has 0 unspecified atom stereocenters. The average molecular weight is 363 g/mol. The molecular weight excluding hydrogens is 338 g/mol. The predicted octanol–water partition coefficient (Wildman–Crippen LogP) is 4.11. The lowest BCUT2D eigenvalue weighted by atomic mass is 9.95. The molecule has 6 heteroatoms. The van der Waals surface area contributed by atoms with Crippen molar-refractivity contribution in [1.82, 2.24) is 14.5 Å². The molecule has 1 aliphatic rings. The van der Waals surface area contributed by atoms with Gasteiger partial charge < -0.3 is 14.8 Å². The zero-order chi connectivity index (χ0) is 18.8. The van der Waals surface area contributed by atoms with Gasteiger partial charge in [-0.1, -0.05) is 19.3 Å². The molecule has 6 nitrogen and oxygen atoms in total. The molecule has 0 spiro atoms. The standard InChI is InChI=1S/C21H25N5O/c1-25(2)16-10-8-15(9-11-16)23-21-22-14-18-19(27)12-13-26(20(18)24-21)17-6-4-3-5-7-17/h8-14,17H,3-7H2,1-2H3,(H,22,23,24). The lowest BCUT2D eigenvalue weighted by Crippen LogP contribution is -2.18. The van der Waals surface area contributed by atoms with Crippen molar-refractivity contribution >= 4 is 28.4 Å². The second-order valence-electron chi connectivity index (χ2n) is 7.38. The molecule has 0 radical (unpaired) electrons. The Bertz CT molecular complexity index is 988. The Morgan fingerprint density at radius 1 is 1.07 bits per heavy atom. The lowest BCUT2D eigenvalue weighted by Gasteiger charge is -2.25. The van der Waals surface area contributed by atoms with Crippen molar-refractivity contribution in [3.05, 3.63) is 52.9 Å². The van der Waals surface area contributed by atoms with E-state index in [2.05, 4.69) is 19.8 Å². The van der Waals surface area contributed by atoms with Gasteiger partial charge in [0, 0.05) is 50.0 Å². The summed E-state index contributed by atoms with van der Waals surface area (Å²) < 4.78 is 2.16. The van der Waals surface area contributed by atoms with E-state index in [0.29, 0.717) is 17.4 Å². The maximum atomic E-state index is 12.3. The minimum absolute atomic E-state index is 0.0288. The van der Waals surface area contributed by atoms with Gasteiger partial charge in [-0.15, -0.1) is 0 Å². The van der Waals surface area contributed by atoms with Crippen LogP contribution in [-0.4, -0.2) is 28.6 Å². The third kappa shape index (κ3) is 3.65. The van der Waals surface area contributed by atoms with Gasteiger partial charge in [-0.05, 0) is 37.1 Å². The highest BCUT2D eigenvalue weighted by atomic mass is 16.1. The van der Waals surface area contributed by atoms with E-state index in [4.69, 9.17) is 4.98 Å². The fourth-order valence-corrected chi connectivity index (χ4v) is 3.74. The number of pyridine rings is 1. The van der Waals surface area contributed by atoms with Crippen LogP contribution >= 0.6 is 0 Å². The quantitative estimate of drug-likeness (QED) is 0.756. The van der Waals surface area contributed by atoms with Crippen LogP contribution in [0.4, 0.5) is 17.3 Å². The number of hydrogen-bond donors (Lipinski definition) is 1. The molecule has 0 bridgehead atoms. The minimum atomic E-state index is -0.0288. The number of aromatic nitrogens is 3. The topological polar surface area (TPSA) is 63.1 Å². The summed E-state index contributed by atoms with van der Waals surface area (Å²) >= 11 is 0. The van der Waals surface area contributed by atoms with Gasteiger partial charge in [0.2, 0.25) is 5.95 Å². The van der Waals surface area contributed by atoms with Crippen LogP contribution in [0, 0.1) is 0 Å². The fraction of sp³-hybridized carbons (Fsp3) is 0.381. The van der Waals surface area contributed by atoms with E-state index in [1.807, 2.05) is 44.6 Å². The fourth-order valence-electron chi connectivity index (χ4n) is 3.74. The van der Waals surface area contributed by atoms with Crippen LogP contribution in [0.25, 0.3) is 11.0 Å². The van der Waals surface area contributed by atoms with Crippen LogP contribution in [0.5, 0.6) is 0 Å². The molecular formula is C21H25N5O. The highest BCUT2D eigenvalue weighted by Crippen LogP contribution is 2.30. The third-order valence-corrected chi connectivity index (χ3v) is 5.27. The van der Waals surface area contributed by atoms with Crippen molar-refractivity contribution in [3.8, 4) is 0 Å². The Balaban J connectivity index is 1.68. The van der Waals surface area contributed by atoms with Gasteiger partial charge >= 0.3 is 0 Å². The predicted molar refractivity (Wildman–Crippen MR) is 110 cm³/mol. The molecule has 1 aliphatic carbocycles. The molecule has 3 aromatic rings. The zero-order valence-electron chi connectivity index (χ0n) is 15.9. The summed E-state index contributed by atoms with van der Waals surface area (Å²) in [5, 5.41) is 3.84. The van der Waals surface area contributed by atoms with Crippen LogP contribution in [0.3, 0.4) is 0 Å². The molecule has 4 rings (SSSR count). The number of benzene rings is 1. The summed E-state index contributed by atoms with van der Waals surface area (Å²) in [7, 11) is 4.03. The Morgan fingerprint density at radius 2 is 1.81 bits per heavy atom. The largest absolute Gasteiger partial charge is 0.378 e. The van der Waals surface area contributed by atoms with E-state index in [0.717, 1.165) is 29.9 Å². The summed E-state index contributed by atoms with van der Waals surface area (Å²) in [5.41, 5.74) is 2.74. The number of rotatable bonds is 4. The van der Waals surface area contributed by atoms with Crippen molar-refractivity contribution in [2.45, 2.75) is 38.1 Å². The van der Waals surface area contributed by atoms with Crippen LogP contribution in [-0.2, 0) is 0 Å². The molecule has 1 fully saturated rings. The molecule has 1 aromatic carbocycles. The Morgan fingerprint density at radius 3 is 2.52 bits per heavy atom. The second-order valence-corrected chi connectivity index (χ2v) is 7.38. The first-order valence-electron chi connectivity index (χ1n) is 9.54. The molecule has 0 amide bonds. The smallest absolute Gasteiger partial charge is 0.229 e. The van der Waals surface area contributed by atoms with Gasteiger partial charge in [0.25, 0.3) is 0 Å². The van der Waals surface area contributed by atoms with Crippen molar-refractivity contribution in [1.29, 1.82) is 0 Å². The molecule has 1 N–H and O–H groups in total. The van der Waals surface area contributed by atoms with Crippen molar-refractivity contribution in [2.24, 2.45) is 0 Å². The van der Waals surface area contributed by atoms with Crippen LogP contribution in [0.2, 0.25) is 0 Å². The lowest BCUT2D eigenvalue weighted by molar-refractivity contribution is 0.358. The first-order chi connectivity index (χ1) is 13.1. The highest BCUT2D eigenvalue weighted by molar-refractivity contribution is 5.75. The van der Waals surface area contributed by atoms with E-state index in [1.165, 1.54) is 19.3 Å². The van der Waals surface area contributed by atoms with Crippen molar-refractivity contribution in [2.75, 3.05) is 24.3 Å². The van der Waals surface area contributed by atoms with E-state index in [9.17, 15) is 4.79 Å². The molecule has 27 heavy (non-hydrogen) atoms. The summed E-state index contributed by atoms with van der Waals surface area (Å²) in [5.74, 6) is 0.510. The van der Waals surface area contributed by atoms with Gasteiger partial charge in [-0.25, -0.2) is 4.98 Å². The number of nitrogens with zero attached hydrogens (tertiary/aromatic N) is 4. The minimum Gasteiger partial charge on any atom is -0.378 e. The van der Waals surface area contributed by atoms with Gasteiger partial charge in [-0.2, -0.15) is 4.98 Å². The molecule has 0 aliphatic heterocycles. The first kappa shape index (κ1) is 17.5. The second kappa shape index (κ2) is 7.39. The van der Waals surface area contributed by atoms with E-state index in [-0.39, 0.29) is 5.43 Å². The van der Waals surface area contributed by atoms with E-state index in [1.54, 1.807) is 12.3 Å². The van der Waals surface area contributed by atoms with Crippen LogP contribution < -0.4 is 15.6 Å². The van der Waals surface area contributed by atoms with Crippen LogP contribution in [0.1, 0.15) is 38.1 Å². The Hall–Kier alpha value is -2.89. The third-order valence-electron chi connectivity index (χ3n) is 5.27. The Kier molecular flexibility index (Phi) is 4.79. The average Bonchev–Trinajstić information content (AvgIpc) is 2.69. The number of hydrogen-bond acceptors (Lipinski definition) is 5. The maximum absolute atomic E-state index is 12.3. The normalized spacial score (nSPS) is 15.0. The molecule has 2 aromatic heterocycles. The SMILES string of the molecule is CN(C)c1ccc(Nc2ncc3c(=O)ccn(C4CCCCC4)c3n2)cc1. The van der Waals surface area contributed by atoms with Gasteiger partial charge in [0.15, 0.2) is 5.43 Å². The zero-order valence-corrected chi connectivity index (χ0v) is 15.9. The maximum Gasteiger partial charge on any atom is 0.229 e. The number of nitrogens with one attached hydrogen (secondary N) is 1. The summed E-state index contributed by atoms with van der Waals surface area (Å²) in [6.07, 6.45) is 9.55.